The molecule has 20 heteroatoms. The van der Waals surface area contributed by atoms with E-state index in [1.165, 1.54) is 180 Å². The van der Waals surface area contributed by atoms with E-state index in [4.69, 9.17) is 42.8 Å². The molecule has 4 atom stereocenters. The maximum absolute atomic E-state index is 13.3. The summed E-state index contributed by atoms with van der Waals surface area (Å²) >= 11 is 0. The zero-order chi connectivity index (χ0) is 72.0. The molecule has 0 bridgehead atoms. The van der Waals surface area contributed by atoms with Crippen LogP contribution in [0, 0.1) is 0 Å². The van der Waals surface area contributed by atoms with Gasteiger partial charge in [-0.1, -0.05) is 309 Å². The summed E-state index contributed by atoms with van der Waals surface area (Å²) in [6, 6.07) is 0. The topological polar surface area (TPSA) is 263 Å². The third-order valence-electron chi connectivity index (χ3n) is 17.9. The smallest absolute Gasteiger partial charge is 0.462 e. The van der Waals surface area contributed by atoms with Gasteiger partial charge in [0.1, 0.15) is 13.2 Å². The Bertz CT molecular complexity index is 1860. The summed E-state index contributed by atoms with van der Waals surface area (Å²) in [6.45, 7) is 3.80. The number of aliphatic hydroxyl groups is 1. The monoisotopic (exact) mass is 1430 g/mol. The summed E-state index contributed by atoms with van der Waals surface area (Å²) < 4.78 is 69.5. The minimum atomic E-state index is -5.05. The minimum Gasteiger partial charge on any atom is -0.462 e. The Morgan fingerprint density at radius 2 is 0.541 bits per heavy atom. The van der Waals surface area contributed by atoms with Gasteiger partial charge in [0.05, 0.1) is 38.6 Å². The maximum Gasteiger partial charge on any atom is 0.472 e. The Hall–Kier alpha value is -2.50. The molecule has 0 aromatic rings. The number of rotatable bonds is 77. The van der Waals surface area contributed by atoms with E-state index in [-0.39, 0.29) is 25.7 Å². The number of allylic oxidation sites excluding steroid dienone is 4. The Morgan fingerprint density at radius 1 is 0.327 bits per heavy atom. The predicted octanol–water partition coefficient (Wildman–Crippen LogP) is 21.9. The highest BCUT2D eigenvalue weighted by Crippen LogP contribution is 2.46. The third-order valence-corrected chi connectivity index (χ3v) is 19.8. The zero-order valence-corrected chi connectivity index (χ0v) is 64.8. The van der Waals surface area contributed by atoms with Gasteiger partial charge in [0.15, 0.2) is 12.2 Å². The first-order valence-electron chi connectivity index (χ1n) is 40.2. The molecule has 0 amide bonds. The normalized spacial score (nSPS) is 14.3. The Kier molecular flexibility index (Phi) is 68.4. The highest BCUT2D eigenvalue weighted by Gasteiger charge is 2.36. The lowest BCUT2D eigenvalue weighted by atomic mass is 10.0. The maximum atomic E-state index is 13.3. The minimum absolute atomic E-state index is 0.0894. The van der Waals surface area contributed by atoms with E-state index in [1.807, 2.05) is 0 Å². The van der Waals surface area contributed by atoms with Crippen LogP contribution in [0.25, 0.3) is 0 Å². The fourth-order valence-corrected chi connectivity index (χ4v) is 13.2. The second-order valence-electron chi connectivity index (χ2n) is 27.8. The van der Waals surface area contributed by atoms with Crippen LogP contribution < -0.4 is 5.73 Å². The van der Waals surface area contributed by atoms with Gasteiger partial charge in [-0.3, -0.25) is 37.3 Å². The number of aliphatic hydroxyl groups excluding tert-OH is 1. The van der Waals surface area contributed by atoms with Crippen molar-refractivity contribution in [3.63, 3.8) is 0 Å². The van der Waals surface area contributed by atoms with E-state index >= 15 is 0 Å². The molecule has 0 spiro atoms. The molecule has 0 aromatic carbocycles. The molecular weight excluding hydrogens is 1280 g/mol. The van der Waals surface area contributed by atoms with Crippen molar-refractivity contribution >= 4 is 39.5 Å². The summed E-state index contributed by atoms with van der Waals surface area (Å²) in [5.41, 5.74) is 4.19. The summed E-state index contributed by atoms with van der Waals surface area (Å²) in [6.07, 6.45) is 65.7. The number of carbonyl (C=O) groups excluding carboxylic acids is 4. The first-order valence-corrected chi connectivity index (χ1v) is 43.2. The lowest BCUT2D eigenvalue weighted by Crippen LogP contribution is -2.51. The molecule has 0 saturated heterocycles. The van der Waals surface area contributed by atoms with E-state index < -0.39 is 104 Å². The Labute approximate surface area is 598 Å². The van der Waals surface area contributed by atoms with Crippen molar-refractivity contribution in [2.45, 2.75) is 405 Å². The number of hydrogen-bond donors (Lipinski definition) is 4. The van der Waals surface area contributed by atoms with Crippen molar-refractivity contribution in [3.8, 4) is 0 Å². The molecule has 18 nitrogen and oxygen atoms in total. The van der Waals surface area contributed by atoms with E-state index in [1.54, 1.807) is 0 Å². The molecule has 0 aliphatic rings. The van der Waals surface area contributed by atoms with Gasteiger partial charge in [0.25, 0.3) is 0 Å². The summed E-state index contributed by atoms with van der Waals surface area (Å²) in [7, 11) is -10.1. The lowest BCUT2D eigenvalue weighted by Gasteiger charge is -2.28. The van der Waals surface area contributed by atoms with Crippen LogP contribution >= 0.6 is 15.6 Å². The van der Waals surface area contributed by atoms with Gasteiger partial charge in [-0.25, -0.2) is 9.13 Å². The largest absolute Gasteiger partial charge is 0.472 e. The van der Waals surface area contributed by atoms with Crippen LogP contribution in [0.2, 0.25) is 0 Å². The van der Waals surface area contributed by atoms with Gasteiger partial charge in [-0.15, -0.1) is 0 Å². The molecule has 5 N–H and O–H groups in total. The van der Waals surface area contributed by atoms with Crippen LogP contribution in [0.4, 0.5) is 0 Å². The Balaban J connectivity index is 5.47. The summed E-state index contributed by atoms with van der Waals surface area (Å²) in [5.74, 6) is -2.19. The van der Waals surface area contributed by atoms with Gasteiger partial charge in [0, 0.05) is 25.7 Å². The van der Waals surface area contributed by atoms with E-state index in [9.17, 15) is 43.2 Å². The predicted molar refractivity (Wildman–Crippen MR) is 399 cm³/mol. The number of carbonyl (C=O) groups is 4. The summed E-state index contributed by atoms with van der Waals surface area (Å²) in [5, 5.41) is 10.3. The van der Waals surface area contributed by atoms with E-state index in [0.29, 0.717) is 25.7 Å². The van der Waals surface area contributed by atoms with Crippen molar-refractivity contribution in [1.29, 1.82) is 0 Å². The van der Waals surface area contributed by atoms with Gasteiger partial charge < -0.3 is 39.6 Å². The van der Waals surface area contributed by atoms with Crippen LogP contribution in [0.1, 0.15) is 387 Å². The first kappa shape index (κ1) is 95.5. The molecule has 0 radical (unpaired) electrons. The van der Waals surface area contributed by atoms with Gasteiger partial charge in [-0.2, -0.15) is 0 Å². The van der Waals surface area contributed by atoms with Crippen LogP contribution in [-0.2, 0) is 65.4 Å². The molecule has 0 heterocycles. The van der Waals surface area contributed by atoms with Crippen molar-refractivity contribution in [2.24, 2.45) is 5.73 Å². The van der Waals surface area contributed by atoms with E-state index in [2.05, 4.69) is 52.0 Å². The highest BCUT2D eigenvalue weighted by molar-refractivity contribution is 7.47. The molecule has 0 aliphatic heterocycles. The lowest BCUT2D eigenvalue weighted by molar-refractivity contribution is -0.161. The van der Waals surface area contributed by atoms with Gasteiger partial charge >= 0.3 is 39.5 Å². The van der Waals surface area contributed by atoms with Crippen molar-refractivity contribution < 1.29 is 80.2 Å². The summed E-state index contributed by atoms with van der Waals surface area (Å²) in [4.78, 5) is 73.5. The second kappa shape index (κ2) is 70.2. The average Bonchev–Trinajstić information content (AvgIpc) is 0.876. The number of hydrogen-bond acceptors (Lipinski definition) is 16. The number of unbranched alkanes of at least 4 members (excludes halogenated alkanes) is 46. The molecule has 0 fully saturated rings. The van der Waals surface area contributed by atoms with Crippen molar-refractivity contribution in [1.82, 2.24) is 0 Å². The highest BCUT2D eigenvalue weighted by atomic mass is 31.2. The molecule has 0 aromatic heterocycles. The fraction of sp³-hybridized carbons (Fsp3) is 0.897. The van der Waals surface area contributed by atoms with Crippen LogP contribution in [0.3, 0.4) is 0 Å². The number of nitrogens with two attached hydrogens (primary N) is 1. The van der Waals surface area contributed by atoms with Crippen molar-refractivity contribution in [3.05, 3.63) is 24.3 Å². The zero-order valence-electron chi connectivity index (χ0n) is 63.0. The van der Waals surface area contributed by atoms with Crippen LogP contribution in [0.5, 0.6) is 0 Å². The molecule has 2 unspecified atom stereocenters. The number of ether oxygens (including phenoxy) is 4. The number of phosphoric acid groups is 2. The standard InChI is InChI=1S/C78H149NO17P2/c1-5-9-13-17-21-25-29-33-35-39-41-45-49-53-57-61-74(81)89-65-72(95-76(83)63-59-55-51-47-43-37-31-27-23-19-15-11-7-3)67-91-97(85,86)93-70-78(79,69-80)71-94-98(87,88)92-68-73(96-77(84)64-60-56-52-48-44-38-32-28-24-20-16-12-8-4)66-90-75(82)62-58-54-50-46-42-40-36-34-30-26-22-18-14-10-6-2/h33-36,72-73,80H,5-32,37-71,79H2,1-4H3,(H,85,86)(H,87,88)/b35-33-,36-34-/t72-,73-/m1/s1. The number of esters is 4. The third kappa shape index (κ3) is 68.0. The molecule has 0 saturated carbocycles. The molecule has 578 valence electrons. The SMILES string of the molecule is CCCCCCCC/C=C\CCCCCCCC(=O)OC[C@H](COP(=O)(O)OCC(N)(CO)COP(=O)(O)OC[C@@H](COC(=O)CCCCCCC/C=C\CCCCCCCC)OC(=O)CCCCCCCCCCCCCCC)OC(=O)CCCCCCCCCCCCCCC. The van der Waals surface area contributed by atoms with Crippen molar-refractivity contribution in [2.75, 3.05) is 46.2 Å². The van der Waals surface area contributed by atoms with Gasteiger partial charge in [0.2, 0.25) is 0 Å². The molecular formula is C78H149NO17P2. The Morgan fingerprint density at radius 3 is 0.776 bits per heavy atom. The van der Waals surface area contributed by atoms with Crippen LogP contribution in [0.15, 0.2) is 24.3 Å². The molecule has 0 aliphatic carbocycles. The second-order valence-corrected chi connectivity index (χ2v) is 30.7. The average molecular weight is 1430 g/mol. The number of phosphoric ester groups is 2. The van der Waals surface area contributed by atoms with E-state index in [0.717, 1.165) is 128 Å². The first-order chi connectivity index (χ1) is 47.5. The van der Waals surface area contributed by atoms with Gasteiger partial charge in [-0.05, 0) is 77.0 Å². The molecule has 0 rings (SSSR count). The quantitative estimate of drug-likeness (QED) is 0.0145. The molecule has 98 heavy (non-hydrogen) atoms. The van der Waals surface area contributed by atoms with Crippen LogP contribution in [-0.4, -0.2) is 103 Å². The fourth-order valence-electron chi connectivity index (χ4n) is 11.5.